The van der Waals surface area contributed by atoms with Gasteiger partial charge >= 0.3 is 12.2 Å². The highest BCUT2D eigenvalue weighted by atomic mass is 19.4. The van der Waals surface area contributed by atoms with Gasteiger partial charge in [-0.1, -0.05) is 0 Å². The molecule has 6 rings (SSSR count). The average molecular weight is 497 g/mol. The third kappa shape index (κ3) is 4.04. The molecule has 12 heteroatoms. The minimum Gasteiger partial charge on any atom is -0.487 e. The molecule has 0 spiro atoms. The normalized spacial score (nSPS) is 21.3. The Bertz CT molecular complexity index is 1400. The summed E-state index contributed by atoms with van der Waals surface area (Å²) >= 11 is 0. The summed E-state index contributed by atoms with van der Waals surface area (Å²) < 4.78 is 50.7. The molecule has 3 aromatic rings. The van der Waals surface area contributed by atoms with Gasteiger partial charge in [0, 0.05) is 29.9 Å². The summed E-state index contributed by atoms with van der Waals surface area (Å²) in [6, 6.07) is 7.70. The molecule has 184 valence electrons. The molecule has 0 radical (unpaired) electrons. The summed E-state index contributed by atoms with van der Waals surface area (Å²) in [5, 5.41) is 7.81. The molecule has 3 N–H and O–H groups in total. The molecule has 1 saturated carbocycles. The molecule has 3 aliphatic rings. The number of nitrogens with one attached hydrogen (secondary N) is 3. The standard InChI is InChI=1S/C24H18F3N5O4/c25-24(26,27)11-5-7-28-17(9-11)30-23(34)32-20-19-14-10-12(1-3-15(14)36-21(19)20)35-16-6-8-29-22-13(16)2-4-18(33)31-22/h1,3,5-10,19-21H,2,4H2,(H,29,31,33)(H2,28,30,32,34)/t19-,20-,21-/m1/s1. The molecule has 1 aliphatic carbocycles. The number of hydrogen-bond donors (Lipinski definition) is 3. The number of anilines is 2. The van der Waals surface area contributed by atoms with Crippen molar-refractivity contribution in [2.45, 2.75) is 37.1 Å². The van der Waals surface area contributed by atoms with Crippen LogP contribution < -0.4 is 25.4 Å². The molecular formula is C24H18F3N5O4. The van der Waals surface area contributed by atoms with Crippen LogP contribution >= 0.6 is 0 Å². The summed E-state index contributed by atoms with van der Waals surface area (Å²) in [5.41, 5.74) is 0.771. The van der Waals surface area contributed by atoms with E-state index in [0.717, 1.165) is 29.5 Å². The van der Waals surface area contributed by atoms with Gasteiger partial charge in [-0.05, 0) is 42.8 Å². The number of pyridine rings is 2. The topological polar surface area (TPSA) is 114 Å². The van der Waals surface area contributed by atoms with Gasteiger partial charge < -0.3 is 20.1 Å². The van der Waals surface area contributed by atoms with E-state index in [2.05, 4.69) is 25.9 Å². The Morgan fingerprint density at radius 3 is 2.78 bits per heavy atom. The first-order valence-electron chi connectivity index (χ1n) is 11.1. The fourth-order valence-corrected chi connectivity index (χ4v) is 4.54. The van der Waals surface area contributed by atoms with Crippen LogP contribution in [0, 0.1) is 0 Å². The van der Waals surface area contributed by atoms with E-state index in [4.69, 9.17) is 9.47 Å². The van der Waals surface area contributed by atoms with Gasteiger partial charge in [-0.2, -0.15) is 13.2 Å². The molecule has 0 unspecified atom stereocenters. The molecule has 1 aromatic carbocycles. The van der Waals surface area contributed by atoms with E-state index in [0.29, 0.717) is 35.9 Å². The SMILES string of the molecule is O=C1CCc2c(Oc3ccc4c(c3)[C@@H]3[C@@H](NC(=O)Nc5cc(C(F)(F)F)ccn5)[C@@H]3O4)ccnc2N1. The van der Waals surface area contributed by atoms with Crippen molar-refractivity contribution in [2.24, 2.45) is 0 Å². The fraction of sp³-hybridized carbons (Fsp3) is 0.250. The third-order valence-electron chi connectivity index (χ3n) is 6.28. The Morgan fingerprint density at radius 1 is 1.11 bits per heavy atom. The quantitative estimate of drug-likeness (QED) is 0.497. The average Bonchev–Trinajstić information content (AvgIpc) is 3.34. The molecule has 1 fully saturated rings. The number of halogens is 3. The number of nitrogens with zero attached hydrogens (tertiary/aromatic N) is 2. The zero-order valence-electron chi connectivity index (χ0n) is 18.4. The first-order valence-corrected chi connectivity index (χ1v) is 11.1. The number of rotatable bonds is 4. The lowest BCUT2D eigenvalue weighted by Gasteiger charge is -2.19. The van der Waals surface area contributed by atoms with Crippen molar-refractivity contribution >= 4 is 23.6 Å². The predicted molar refractivity (Wildman–Crippen MR) is 120 cm³/mol. The second-order valence-electron chi connectivity index (χ2n) is 8.65. The molecule has 3 atom stereocenters. The molecule has 2 aliphatic heterocycles. The van der Waals surface area contributed by atoms with Crippen molar-refractivity contribution < 1.29 is 32.2 Å². The molecule has 0 bridgehead atoms. The first kappa shape index (κ1) is 22.1. The molecule has 9 nitrogen and oxygen atoms in total. The Hall–Kier alpha value is -4.35. The zero-order chi connectivity index (χ0) is 25.0. The number of aromatic nitrogens is 2. The Labute approximate surface area is 202 Å². The zero-order valence-corrected chi connectivity index (χ0v) is 18.4. The van der Waals surface area contributed by atoms with Gasteiger partial charge in [0.15, 0.2) is 0 Å². The van der Waals surface area contributed by atoms with E-state index in [1.807, 2.05) is 6.07 Å². The number of benzene rings is 1. The maximum Gasteiger partial charge on any atom is 0.416 e. The maximum atomic E-state index is 12.9. The lowest BCUT2D eigenvalue weighted by molar-refractivity contribution is -0.137. The molecule has 4 heterocycles. The molecular weight excluding hydrogens is 479 g/mol. The number of hydrogen-bond acceptors (Lipinski definition) is 6. The van der Waals surface area contributed by atoms with Crippen LogP contribution in [0.3, 0.4) is 0 Å². The van der Waals surface area contributed by atoms with Gasteiger partial charge in [-0.3, -0.25) is 10.1 Å². The van der Waals surface area contributed by atoms with Crippen LogP contribution in [0.4, 0.5) is 29.6 Å². The van der Waals surface area contributed by atoms with Crippen LogP contribution in [-0.2, 0) is 17.4 Å². The van der Waals surface area contributed by atoms with Gasteiger partial charge in [-0.25, -0.2) is 14.8 Å². The second kappa shape index (κ2) is 8.11. The number of fused-ring (bicyclic) bond motifs is 4. The number of ether oxygens (including phenoxy) is 2. The Kier molecular flexibility index (Phi) is 4.99. The number of urea groups is 1. The smallest absolute Gasteiger partial charge is 0.416 e. The van der Waals surface area contributed by atoms with E-state index >= 15 is 0 Å². The Morgan fingerprint density at radius 2 is 1.94 bits per heavy atom. The van der Waals surface area contributed by atoms with Crippen molar-refractivity contribution in [2.75, 3.05) is 10.6 Å². The number of amides is 3. The first-order chi connectivity index (χ1) is 17.3. The monoisotopic (exact) mass is 497 g/mol. The summed E-state index contributed by atoms with van der Waals surface area (Å²) in [5.74, 6) is 1.91. The highest BCUT2D eigenvalue weighted by Crippen LogP contribution is 2.54. The third-order valence-corrected chi connectivity index (χ3v) is 6.28. The second-order valence-corrected chi connectivity index (χ2v) is 8.65. The van der Waals surface area contributed by atoms with E-state index in [9.17, 15) is 22.8 Å². The summed E-state index contributed by atoms with van der Waals surface area (Å²) in [6.07, 6.45) is -1.40. The van der Waals surface area contributed by atoms with E-state index in [-0.39, 0.29) is 29.8 Å². The number of alkyl halides is 3. The van der Waals surface area contributed by atoms with Gasteiger partial charge in [0.25, 0.3) is 0 Å². The summed E-state index contributed by atoms with van der Waals surface area (Å²) in [7, 11) is 0. The molecule has 3 amide bonds. The Balaban J connectivity index is 1.13. The van der Waals surface area contributed by atoms with Crippen LogP contribution in [0.25, 0.3) is 0 Å². The highest BCUT2D eigenvalue weighted by Gasteiger charge is 2.59. The lowest BCUT2D eigenvalue weighted by Crippen LogP contribution is -2.34. The maximum absolute atomic E-state index is 12.9. The van der Waals surface area contributed by atoms with Crippen LogP contribution in [0.2, 0.25) is 0 Å². The minimum atomic E-state index is -4.54. The fourth-order valence-electron chi connectivity index (χ4n) is 4.54. The van der Waals surface area contributed by atoms with Crippen LogP contribution in [0.15, 0.2) is 48.8 Å². The van der Waals surface area contributed by atoms with Crippen molar-refractivity contribution in [1.82, 2.24) is 15.3 Å². The lowest BCUT2D eigenvalue weighted by atomic mass is 10.1. The molecule has 0 saturated heterocycles. The van der Waals surface area contributed by atoms with E-state index in [1.54, 1.807) is 24.4 Å². The number of carbonyl (C=O) groups is 2. The van der Waals surface area contributed by atoms with Crippen LogP contribution in [0.1, 0.15) is 29.0 Å². The summed E-state index contributed by atoms with van der Waals surface area (Å²) in [4.78, 5) is 32.0. The van der Waals surface area contributed by atoms with Crippen molar-refractivity contribution in [3.8, 4) is 17.2 Å². The summed E-state index contributed by atoms with van der Waals surface area (Å²) in [6.45, 7) is 0. The predicted octanol–water partition coefficient (Wildman–Crippen LogP) is 4.22. The van der Waals surface area contributed by atoms with Crippen molar-refractivity contribution in [1.29, 1.82) is 0 Å². The minimum absolute atomic E-state index is 0.0898. The molecule has 2 aromatic heterocycles. The van der Waals surface area contributed by atoms with Crippen LogP contribution in [-0.4, -0.2) is 34.1 Å². The van der Waals surface area contributed by atoms with Gasteiger partial charge in [0.1, 0.15) is 35.0 Å². The highest BCUT2D eigenvalue weighted by molar-refractivity contribution is 5.93. The van der Waals surface area contributed by atoms with Gasteiger partial charge in [-0.15, -0.1) is 0 Å². The largest absolute Gasteiger partial charge is 0.487 e. The van der Waals surface area contributed by atoms with Gasteiger partial charge in [0.05, 0.1) is 17.5 Å². The number of carbonyl (C=O) groups excluding carboxylic acids is 2. The van der Waals surface area contributed by atoms with Gasteiger partial charge in [0.2, 0.25) is 5.91 Å². The van der Waals surface area contributed by atoms with E-state index in [1.165, 1.54) is 0 Å². The van der Waals surface area contributed by atoms with Crippen molar-refractivity contribution in [3.63, 3.8) is 0 Å². The van der Waals surface area contributed by atoms with Crippen molar-refractivity contribution in [3.05, 3.63) is 65.5 Å². The van der Waals surface area contributed by atoms with Crippen LogP contribution in [0.5, 0.6) is 17.2 Å². The molecule has 36 heavy (non-hydrogen) atoms. The van der Waals surface area contributed by atoms with E-state index < -0.39 is 17.8 Å².